The number of hydrogen-bond donors (Lipinski definition) is 0. The zero-order valence-corrected chi connectivity index (χ0v) is 12.4. The lowest BCUT2D eigenvalue weighted by atomic mass is 9.78. The molecule has 0 bridgehead atoms. The van der Waals surface area contributed by atoms with Gasteiger partial charge in [0, 0.05) is 13.2 Å². The van der Waals surface area contributed by atoms with Gasteiger partial charge in [-0.15, -0.1) is 0 Å². The van der Waals surface area contributed by atoms with Gasteiger partial charge in [0.1, 0.15) is 0 Å². The molecule has 1 spiro atoms. The van der Waals surface area contributed by atoms with Crippen LogP contribution < -0.4 is 0 Å². The minimum Gasteiger partial charge on any atom is -0.381 e. The molecule has 1 nitrogen and oxygen atoms in total. The summed E-state index contributed by atoms with van der Waals surface area (Å²) in [5, 5.41) is 0. The Morgan fingerprint density at radius 3 is 2.85 bits per heavy atom. The molecule has 20 heavy (non-hydrogen) atoms. The zero-order chi connectivity index (χ0) is 13.4. The fourth-order valence-electron chi connectivity index (χ4n) is 4.82. The second-order valence-corrected chi connectivity index (χ2v) is 7.20. The highest BCUT2D eigenvalue weighted by Crippen LogP contribution is 2.62. The van der Waals surface area contributed by atoms with Crippen LogP contribution in [-0.2, 0) is 16.6 Å². The van der Waals surface area contributed by atoms with Gasteiger partial charge in [0.25, 0.3) is 0 Å². The van der Waals surface area contributed by atoms with E-state index in [-0.39, 0.29) is 0 Å². The average Bonchev–Trinajstić information content (AvgIpc) is 3.20. The van der Waals surface area contributed by atoms with Crippen LogP contribution in [-0.4, -0.2) is 13.2 Å². The molecule has 0 aromatic heterocycles. The first-order chi connectivity index (χ1) is 9.88. The van der Waals surface area contributed by atoms with E-state index in [1.807, 2.05) is 0 Å². The first-order valence-electron chi connectivity index (χ1n) is 8.55. The van der Waals surface area contributed by atoms with Crippen LogP contribution in [0.2, 0.25) is 0 Å². The molecule has 2 aliphatic carbocycles. The van der Waals surface area contributed by atoms with Gasteiger partial charge >= 0.3 is 0 Å². The Morgan fingerprint density at radius 2 is 1.95 bits per heavy atom. The van der Waals surface area contributed by atoms with Crippen LogP contribution in [0.5, 0.6) is 0 Å². The molecule has 1 saturated carbocycles. The van der Waals surface area contributed by atoms with E-state index >= 15 is 0 Å². The summed E-state index contributed by atoms with van der Waals surface area (Å²) in [6.45, 7) is 2.01. The molecule has 0 N–H and O–H groups in total. The average molecular weight is 270 g/mol. The third-order valence-electron chi connectivity index (χ3n) is 6.12. The van der Waals surface area contributed by atoms with Crippen molar-refractivity contribution >= 4 is 0 Å². The van der Waals surface area contributed by atoms with E-state index in [2.05, 4.69) is 24.3 Å². The van der Waals surface area contributed by atoms with Gasteiger partial charge in [0.05, 0.1) is 0 Å². The normalized spacial score (nSPS) is 33.1. The van der Waals surface area contributed by atoms with E-state index in [1.165, 1.54) is 51.4 Å². The van der Waals surface area contributed by atoms with Gasteiger partial charge in [-0.05, 0) is 79.7 Å². The summed E-state index contributed by atoms with van der Waals surface area (Å²) in [6.07, 6.45) is 11.1. The molecule has 1 aromatic carbocycles. The molecule has 2 unspecified atom stereocenters. The maximum absolute atomic E-state index is 5.48. The predicted octanol–water partition coefficient (Wildman–Crippen LogP) is 4.49. The number of fused-ring (bicyclic) bond motifs is 2. The minimum atomic E-state index is 0.597. The van der Waals surface area contributed by atoms with E-state index in [4.69, 9.17) is 4.74 Å². The molecular formula is C19H26O. The van der Waals surface area contributed by atoms with E-state index in [0.29, 0.717) is 5.41 Å². The standard InChI is InChI=1S/C19H26O/c1-2-6-18-16(4-1)5-3-11-19(18)14-17(19)8-7-15-9-12-20-13-10-15/h1-2,4,6,15,17H,3,5,7-14H2. The van der Waals surface area contributed by atoms with Crippen LogP contribution in [0.15, 0.2) is 24.3 Å². The van der Waals surface area contributed by atoms with Gasteiger partial charge in [0.2, 0.25) is 0 Å². The van der Waals surface area contributed by atoms with Gasteiger partial charge in [0.15, 0.2) is 0 Å². The second-order valence-electron chi connectivity index (χ2n) is 7.20. The first-order valence-corrected chi connectivity index (χ1v) is 8.55. The van der Waals surface area contributed by atoms with Gasteiger partial charge < -0.3 is 4.74 Å². The monoisotopic (exact) mass is 270 g/mol. The molecule has 0 radical (unpaired) electrons. The summed E-state index contributed by atoms with van der Waals surface area (Å²) in [5.41, 5.74) is 3.95. The predicted molar refractivity (Wildman–Crippen MR) is 81.9 cm³/mol. The number of ether oxygens (including phenoxy) is 1. The van der Waals surface area contributed by atoms with E-state index < -0.39 is 0 Å². The third kappa shape index (κ3) is 2.20. The molecule has 2 atom stereocenters. The summed E-state index contributed by atoms with van der Waals surface area (Å²) in [5.74, 6) is 1.92. The quantitative estimate of drug-likeness (QED) is 0.786. The highest BCUT2D eigenvalue weighted by atomic mass is 16.5. The van der Waals surface area contributed by atoms with Crippen molar-refractivity contribution in [1.82, 2.24) is 0 Å². The van der Waals surface area contributed by atoms with Crippen molar-refractivity contribution in [2.45, 2.75) is 56.8 Å². The van der Waals surface area contributed by atoms with Crippen LogP contribution >= 0.6 is 0 Å². The fraction of sp³-hybridized carbons (Fsp3) is 0.684. The lowest BCUT2D eigenvalue weighted by Gasteiger charge is -2.27. The second kappa shape index (κ2) is 5.18. The zero-order valence-electron chi connectivity index (χ0n) is 12.4. The molecule has 3 aliphatic rings. The van der Waals surface area contributed by atoms with Crippen molar-refractivity contribution in [3.63, 3.8) is 0 Å². The Bertz CT molecular complexity index is 474. The minimum absolute atomic E-state index is 0.597. The lowest BCUT2D eigenvalue weighted by Crippen LogP contribution is -2.19. The van der Waals surface area contributed by atoms with Crippen LogP contribution in [0.4, 0.5) is 0 Å². The summed E-state index contributed by atoms with van der Waals surface area (Å²) >= 11 is 0. The van der Waals surface area contributed by atoms with E-state index in [9.17, 15) is 0 Å². The third-order valence-corrected chi connectivity index (χ3v) is 6.12. The van der Waals surface area contributed by atoms with Crippen molar-refractivity contribution in [3.8, 4) is 0 Å². The van der Waals surface area contributed by atoms with Crippen LogP contribution in [0.1, 0.15) is 56.1 Å². The molecule has 1 aliphatic heterocycles. The SMILES string of the molecule is c1ccc2c(c1)CCCC21CC1CCC1CCOCC1. The van der Waals surface area contributed by atoms with Crippen molar-refractivity contribution in [2.24, 2.45) is 11.8 Å². The number of benzene rings is 1. The molecule has 1 heterocycles. The molecular weight excluding hydrogens is 244 g/mol. The Balaban J connectivity index is 1.41. The molecule has 1 aromatic rings. The van der Waals surface area contributed by atoms with E-state index in [0.717, 1.165) is 25.0 Å². The summed E-state index contributed by atoms with van der Waals surface area (Å²) in [4.78, 5) is 0. The van der Waals surface area contributed by atoms with Gasteiger partial charge in [-0.25, -0.2) is 0 Å². The fourth-order valence-corrected chi connectivity index (χ4v) is 4.82. The molecule has 2 fully saturated rings. The topological polar surface area (TPSA) is 9.23 Å². The highest BCUT2D eigenvalue weighted by molar-refractivity contribution is 5.42. The largest absolute Gasteiger partial charge is 0.381 e. The summed E-state index contributed by atoms with van der Waals surface area (Å²) in [6, 6.07) is 9.25. The molecule has 1 saturated heterocycles. The number of hydrogen-bond acceptors (Lipinski definition) is 1. The smallest absolute Gasteiger partial charge is 0.0468 e. The number of rotatable bonds is 3. The van der Waals surface area contributed by atoms with Crippen LogP contribution in [0, 0.1) is 11.8 Å². The Hall–Kier alpha value is -0.820. The van der Waals surface area contributed by atoms with Gasteiger partial charge in [-0.2, -0.15) is 0 Å². The number of aryl methyl sites for hydroxylation is 1. The van der Waals surface area contributed by atoms with Crippen molar-refractivity contribution in [1.29, 1.82) is 0 Å². The molecule has 4 rings (SSSR count). The van der Waals surface area contributed by atoms with Gasteiger partial charge in [-0.1, -0.05) is 24.3 Å². The summed E-state index contributed by atoms with van der Waals surface area (Å²) in [7, 11) is 0. The maximum atomic E-state index is 5.48. The molecule has 108 valence electrons. The van der Waals surface area contributed by atoms with Crippen molar-refractivity contribution in [2.75, 3.05) is 13.2 Å². The first kappa shape index (κ1) is 12.9. The maximum Gasteiger partial charge on any atom is 0.0468 e. The Kier molecular flexibility index (Phi) is 3.34. The summed E-state index contributed by atoms with van der Waals surface area (Å²) < 4.78 is 5.48. The van der Waals surface area contributed by atoms with Crippen LogP contribution in [0.3, 0.4) is 0 Å². The highest BCUT2D eigenvalue weighted by Gasteiger charge is 2.55. The Morgan fingerprint density at radius 1 is 1.10 bits per heavy atom. The Labute approximate surface area is 122 Å². The van der Waals surface area contributed by atoms with E-state index in [1.54, 1.807) is 11.1 Å². The lowest BCUT2D eigenvalue weighted by molar-refractivity contribution is 0.0626. The van der Waals surface area contributed by atoms with Crippen LogP contribution in [0.25, 0.3) is 0 Å². The van der Waals surface area contributed by atoms with Gasteiger partial charge in [-0.3, -0.25) is 0 Å². The van der Waals surface area contributed by atoms with Crippen molar-refractivity contribution < 1.29 is 4.74 Å². The van der Waals surface area contributed by atoms with Crippen molar-refractivity contribution in [3.05, 3.63) is 35.4 Å². The molecule has 1 heteroatoms. The molecule has 0 amide bonds.